The second-order valence-corrected chi connectivity index (χ2v) is 6.48. The Balaban J connectivity index is 1.98. The third kappa shape index (κ3) is 3.29. The number of aromatic nitrogens is 1. The van der Waals surface area contributed by atoms with Gasteiger partial charge in [-0.25, -0.2) is 18.6 Å². The first kappa shape index (κ1) is 17.2. The van der Waals surface area contributed by atoms with Crippen molar-refractivity contribution in [1.29, 1.82) is 0 Å². The topological polar surface area (TPSA) is 70.4 Å². The summed E-state index contributed by atoms with van der Waals surface area (Å²) in [5, 5.41) is 21.8. The first-order chi connectivity index (χ1) is 11.8. The maximum Gasteiger partial charge on any atom is 0.335 e. The molecule has 2 aromatic carbocycles. The van der Waals surface area contributed by atoms with Crippen LogP contribution < -0.4 is 0 Å². The van der Waals surface area contributed by atoms with E-state index in [1.54, 1.807) is 17.5 Å². The van der Waals surface area contributed by atoms with Crippen molar-refractivity contribution < 1.29 is 23.8 Å². The molecule has 1 heterocycles. The van der Waals surface area contributed by atoms with E-state index < -0.39 is 23.2 Å². The van der Waals surface area contributed by atoms with Gasteiger partial charge in [0, 0.05) is 10.9 Å². The van der Waals surface area contributed by atoms with Gasteiger partial charge in [0.05, 0.1) is 11.3 Å². The lowest BCUT2D eigenvalue weighted by molar-refractivity contribution is 0.0696. The SMILES string of the molecule is CC(O)(c1ccc(F)c(F)c1)c1nc(-c2cccc(C(=O)O)c2)cs1. The van der Waals surface area contributed by atoms with Gasteiger partial charge in [0.1, 0.15) is 10.6 Å². The second kappa shape index (κ2) is 6.34. The Morgan fingerprint density at radius 3 is 2.60 bits per heavy atom. The van der Waals surface area contributed by atoms with Crippen molar-refractivity contribution in [2.45, 2.75) is 12.5 Å². The number of benzene rings is 2. The summed E-state index contributed by atoms with van der Waals surface area (Å²) >= 11 is 1.15. The summed E-state index contributed by atoms with van der Waals surface area (Å²) < 4.78 is 26.6. The molecule has 3 rings (SSSR count). The highest BCUT2D eigenvalue weighted by Gasteiger charge is 2.30. The summed E-state index contributed by atoms with van der Waals surface area (Å²) in [5.41, 5.74) is -0.234. The molecule has 1 atom stereocenters. The quantitative estimate of drug-likeness (QED) is 0.736. The highest BCUT2D eigenvalue weighted by atomic mass is 32.1. The monoisotopic (exact) mass is 361 g/mol. The minimum absolute atomic E-state index is 0.124. The molecule has 0 radical (unpaired) electrons. The van der Waals surface area contributed by atoms with Crippen molar-refractivity contribution in [3.05, 3.63) is 75.6 Å². The number of halogens is 2. The number of carbonyl (C=O) groups is 1. The van der Waals surface area contributed by atoms with Crippen molar-refractivity contribution in [2.75, 3.05) is 0 Å². The second-order valence-electron chi connectivity index (χ2n) is 5.62. The van der Waals surface area contributed by atoms with E-state index in [4.69, 9.17) is 5.11 Å². The van der Waals surface area contributed by atoms with Gasteiger partial charge in [0.15, 0.2) is 11.6 Å². The van der Waals surface area contributed by atoms with Crippen molar-refractivity contribution in [3.63, 3.8) is 0 Å². The van der Waals surface area contributed by atoms with Gasteiger partial charge >= 0.3 is 5.97 Å². The summed E-state index contributed by atoms with van der Waals surface area (Å²) in [5.74, 6) is -3.10. The molecule has 3 aromatic rings. The smallest absolute Gasteiger partial charge is 0.335 e. The van der Waals surface area contributed by atoms with Gasteiger partial charge in [0.25, 0.3) is 0 Å². The zero-order valence-electron chi connectivity index (χ0n) is 13.0. The maximum absolute atomic E-state index is 13.5. The number of carboxylic acids is 1. The molecular weight excluding hydrogens is 348 g/mol. The first-order valence-electron chi connectivity index (χ1n) is 7.26. The third-order valence-corrected chi connectivity index (χ3v) is 4.86. The highest BCUT2D eigenvalue weighted by molar-refractivity contribution is 7.10. The maximum atomic E-state index is 13.5. The molecule has 0 aliphatic rings. The zero-order chi connectivity index (χ0) is 18.2. The Kier molecular flexibility index (Phi) is 4.36. The summed E-state index contributed by atoms with van der Waals surface area (Å²) in [4.78, 5) is 15.4. The number of hydrogen-bond acceptors (Lipinski definition) is 4. The van der Waals surface area contributed by atoms with Gasteiger partial charge in [-0.05, 0) is 36.8 Å². The van der Waals surface area contributed by atoms with Gasteiger partial charge in [-0.2, -0.15) is 0 Å². The molecule has 7 heteroatoms. The fourth-order valence-electron chi connectivity index (χ4n) is 2.36. The molecule has 0 aliphatic heterocycles. The van der Waals surface area contributed by atoms with Crippen molar-refractivity contribution in [1.82, 2.24) is 4.98 Å². The average molecular weight is 361 g/mol. The number of carboxylic acid groups (broad SMARTS) is 1. The molecule has 1 unspecified atom stereocenters. The molecule has 0 fully saturated rings. The Bertz CT molecular complexity index is 953. The van der Waals surface area contributed by atoms with Crippen molar-refractivity contribution >= 4 is 17.3 Å². The largest absolute Gasteiger partial charge is 0.478 e. The lowest BCUT2D eigenvalue weighted by Gasteiger charge is -2.21. The molecule has 0 bridgehead atoms. The normalized spacial score (nSPS) is 13.4. The van der Waals surface area contributed by atoms with Crippen LogP contribution in [0.25, 0.3) is 11.3 Å². The third-order valence-electron chi connectivity index (χ3n) is 3.81. The van der Waals surface area contributed by atoms with Gasteiger partial charge in [-0.3, -0.25) is 0 Å². The van der Waals surface area contributed by atoms with E-state index in [0.717, 1.165) is 23.5 Å². The predicted octanol–water partition coefficient (Wildman–Crippen LogP) is 4.04. The molecule has 0 aliphatic carbocycles. The first-order valence-corrected chi connectivity index (χ1v) is 8.14. The number of nitrogens with zero attached hydrogens (tertiary/aromatic N) is 1. The van der Waals surface area contributed by atoms with Crippen LogP contribution in [0.5, 0.6) is 0 Å². The van der Waals surface area contributed by atoms with Crippen LogP contribution in [-0.2, 0) is 5.60 Å². The predicted molar refractivity (Wildman–Crippen MR) is 89.5 cm³/mol. The molecule has 25 heavy (non-hydrogen) atoms. The van der Waals surface area contributed by atoms with E-state index in [9.17, 15) is 18.7 Å². The summed E-state index contributed by atoms with van der Waals surface area (Å²) in [6.45, 7) is 1.44. The van der Waals surface area contributed by atoms with Crippen LogP contribution in [0.4, 0.5) is 8.78 Å². The summed E-state index contributed by atoms with van der Waals surface area (Å²) in [6, 6.07) is 9.43. The zero-order valence-corrected chi connectivity index (χ0v) is 13.8. The minimum atomic E-state index is -1.61. The number of aliphatic hydroxyl groups is 1. The highest BCUT2D eigenvalue weighted by Crippen LogP contribution is 2.34. The van der Waals surface area contributed by atoms with Crippen LogP contribution in [0, 0.1) is 11.6 Å². The Morgan fingerprint density at radius 2 is 1.92 bits per heavy atom. The molecule has 0 saturated heterocycles. The fraction of sp³-hybridized carbons (Fsp3) is 0.111. The molecule has 0 spiro atoms. The van der Waals surface area contributed by atoms with Crippen LogP contribution in [-0.4, -0.2) is 21.2 Å². The van der Waals surface area contributed by atoms with E-state index >= 15 is 0 Å². The Morgan fingerprint density at radius 1 is 1.16 bits per heavy atom. The molecule has 0 saturated carbocycles. The minimum Gasteiger partial charge on any atom is -0.478 e. The van der Waals surface area contributed by atoms with Crippen molar-refractivity contribution in [2.24, 2.45) is 0 Å². The van der Waals surface area contributed by atoms with E-state index in [1.807, 2.05) is 0 Å². The van der Waals surface area contributed by atoms with E-state index in [0.29, 0.717) is 11.3 Å². The summed E-state index contributed by atoms with van der Waals surface area (Å²) in [6.07, 6.45) is 0. The van der Waals surface area contributed by atoms with E-state index in [-0.39, 0.29) is 16.1 Å². The number of rotatable bonds is 4. The lowest BCUT2D eigenvalue weighted by Crippen LogP contribution is -2.23. The molecule has 4 nitrogen and oxygen atoms in total. The molecule has 128 valence electrons. The summed E-state index contributed by atoms with van der Waals surface area (Å²) in [7, 11) is 0. The molecule has 1 aromatic heterocycles. The van der Waals surface area contributed by atoms with Crippen LogP contribution in [0.15, 0.2) is 47.8 Å². The van der Waals surface area contributed by atoms with Gasteiger partial charge in [0.2, 0.25) is 0 Å². The van der Waals surface area contributed by atoms with E-state index in [2.05, 4.69) is 4.98 Å². The van der Waals surface area contributed by atoms with Gasteiger partial charge in [-0.1, -0.05) is 18.2 Å². The Labute approximate surface area is 146 Å². The number of hydrogen-bond donors (Lipinski definition) is 2. The molecular formula is C18H13F2NO3S. The van der Waals surface area contributed by atoms with Gasteiger partial charge < -0.3 is 10.2 Å². The van der Waals surface area contributed by atoms with Crippen molar-refractivity contribution in [3.8, 4) is 11.3 Å². The Hall–Kier alpha value is -2.64. The fourth-order valence-corrected chi connectivity index (χ4v) is 3.27. The van der Waals surface area contributed by atoms with Gasteiger partial charge in [-0.15, -0.1) is 11.3 Å². The lowest BCUT2D eigenvalue weighted by atomic mass is 9.96. The van der Waals surface area contributed by atoms with Crippen LogP contribution in [0.1, 0.15) is 27.9 Å². The average Bonchev–Trinajstić information content (AvgIpc) is 3.08. The van der Waals surface area contributed by atoms with Crippen LogP contribution >= 0.6 is 11.3 Å². The molecule has 2 N–H and O–H groups in total. The van der Waals surface area contributed by atoms with E-state index in [1.165, 1.54) is 25.1 Å². The standard InChI is InChI=1S/C18H13F2NO3S/c1-18(24,12-5-6-13(19)14(20)8-12)17-21-15(9-25-17)10-3-2-4-11(7-10)16(22)23/h2-9,24H,1H3,(H,22,23). The number of thiazole rings is 1. The van der Waals surface area contributed by atoms with Crippen LogP contribution in [0.2, 0.25) is 0 Å². The van der Waals surface area contributed by atoms with Crippen LogP contribution in [0.3, 0.4) is 0 Å². The molecule has 0 amide bonds. The number of aromatic carboxylic acids is 1.